The van der Waals surface area contributed by atoms with E-state index in [2.05, 4.69) is 0 Å². The van der Waals surface area contributed by atoms with E-state index in [1.165, 1.54) is 28.6 Å². The number of carbonyl (C=O) groups is 2. The normalized spacial score (nSPS) is 17.0. The van der Waals surface area contributed by atoms with Crippen LogP contribution >= 0.6 is 0 Å². The fourth-order valence-electron chi connectivity index (χ4n) is 4.86. The molecule has 1 atom stereocenters. The number of hydrogen-bond donors (Lipinski definition) is 0. The van der Waals surface area contributed by atoms with Crippen molar-refractivity contribution in [1.29, 1.82) is 0 Å². The van der Waals surface area contributed by atoms with Gasteiger partial charge in [-0.25, -0.2) is 13.2 Å². The molecule has 0 saturated carbocycles. The van der Waals surface area contributed by atoms with Crippen molar-refractivity contribution in [3.8, 4) is 0 Å². The highest BCUT2D eigenvalue weighted by Crippen LogP contribution is 2.33. The fourth-order valence-corrected chi connectivity index (χ4v) is 6.41. The third-order valence-corrected chi connectivity index (χ3v) is 8.38. The molecule has 2 heterocycles. The second-order valence-corrected chi connectivity index (χ2v) is 10.7. The Morgan fingerprint density at radius 3 is 2.31 bits per heavy atom. The Hall–Kier alpha value is -3.65. The summed E-state index contributed by atoms with van der Waals surface area (Å²) in [5.74, 6) is -0.968. The van der Waals surface area contributed by atoms with Crippen LogP contribution in [0.1, 0.15) is 34.8 Å². The number of esters is 1. The lowest BCUT2D eigenvalue weighted by Gasteiger charge is -2.30. The molecule has 180 valence electrons. The van der Waals surface area contributed by atoms with Gasteiger partial charge in [0.2, 0.25) is 0 Å². The third-order valence-electron chi connectivity index (χ3n) is 6.55. The molecule has 5 rings (SSSR count). The van der Waals surface area contributed by atoms with Crippen molar-refractivity contribution in [3.05, 3.63) is 89.5 Å². The zero-order valence-corrected chi connectivity index (χ0v) is 20.2. The molecule has 3 aromatic carbocycles. The Labute approximate surface area is 205 Å². The average Bonchev–Trinajstić information content (AvgIpc) is 3.22. The molecule has 0 bridgehead atoms. The zero-order chi connectivity index (χ0) is 24.6. The number of fused-ring (bicyclic) bond motifs is 2. The van der Waals surface area contributed by atoms with Crippen LogP contribution in [0.3, 0.4) is 0 Å². The summed E-state index contributed by atoms with van der Waals surface area (Å²) >= 11 is 0. The minimum absolute atomic E-state index is 0.0111. The van der Waals surface area contributed by atoms with E-state index in [4.69, 9.17) is 4.74 Å². The van der Waals surface area contributed by atoms with E-state index < -0.39 is 16.0 Å². The van der Waals surface area contributed by atoms with Crippen molar-refractivity contribution in [1.82, 2.24) is 0 Å². The molecular formula is C27H26N2O5S. The number of nitrogens with zero attached hydrogens (tertiary/aromatic N) is 2. The van der Waals surface area contributed by atoms with Crippen molar-refractivity contribution in [2.75, 3.05) is 22.4 Å². The summed E-state index contributed by atoms with van der Waals surface area (Å²) in [5, 5.41) is 0. The highest BCUT2D eigenvalue weighted by atomic mass is 32.2. The molecule has 0 radical (unpaired) electrons. The first kappa shape index (κ1) is 23.1. The number of aryl methyl sites for hydroxylation is 1. The number of amides is 1. The van der Waals surface area contributed by atoms with Crippen LogP contribution in [-0.4, -0.2) is 39.5 Å². The second kappa shape index (κ2) is 9.19. The highest BCUT2D eigenvalue weighted by molar-refractivity contribution is 7.92. The molecule has 0 saturated heterocycles. The number of rotatable bonds is 5. The maximum absolute atomic E-state index is 13.3. The van der Waals surface area contributed by atoms with Crippen molar-refractivity contribution < 1.29 is 22.7 Å². The SMILES string of the molecule is CC1Cc2ccccc2N1C(=O)COC(=O)c1ccc(S(=O)(=O)N2CCCc3ccccc32)cc1. The van der Waals surface area contributed by atoms with Gasteiger partial charge in [-0.3, -0.25) is 9.10 Å². The first-order chi connectivity index (χ1) is 16.9. The number of sulfonamides is 1. The first-order valence-electron chi connectivity index (χ1n) is 11.6. The number of anilines is 2. The molecule has 35 heavy (non-hydrogen) atoms. The van der Waals surface area contributed by atoms with Crippen molar-refractivity contribution in [2.45, 2.75) is 37.1 Å². The Morgan fingerprint density at radius 2 is 1.57 bits per heavy atom. The molecular weight excluding hydrogens is 464 g/mol. The number of ether oxygens (including phenoxy) is 1. The van der Waals surface area contributed by atoms with Gasteiger partial charge in [0.05, 0.1) is 16.1 Å². The van der Waals surface area contributed by atoms with Gasteiger partial charge >= 0.3 is 5.97 Å². The molecule has 1 amide bonds. The van der Waals surface area contributed by atoms with Crippen molar-refractivity contribution in [3.63, 3.8) is 0 Å². The number of benzene rings is 3. The van der Waals surface area contributed by atoms with Crippen LogP contribution in [0.2, 0.25) is 0 Å². The predicted octanol–water partition coefficient (Wildman–Crippen LogP) is 3.96. The highest BCUT2D eigenvalue weighted by Gasteiger charge is 2.31. The Kier molecular flexibility index (Phi) is 6.06. The molecule has 2 aliphatic heterocycles. The summed E-state index contributed by atoms with van der Waals surface area (Å²) < 4.78 is 33.3. The number of para-hydroxylation sites is 2. The van der Waals surface area contributed by atoms with Gasteiger partial charge in [-0.1, -0.05) is 36.4 Å². The Balaban J connectivity index is 1.26. The summed E-state index contributed by atoms with van der Waals surface area (Å²) in [6.07, 6.45) is 2.34. The molecule has 0 aromatic heterocycles. The predicted molar refractivity (Wildman–Crippen MR) is 133 cm³/mol. The Morgan fingerprint density at radius 1 is 0.914 bits per heavy atom. The number of hydrogen-bond acceptors (Lipinski definition) is 5. The van der Waals surface area contributed by atoms with Crippen molar-refractivity contribution >= 4 is 33.3 Å². The van der Waals surface area contributed by atoms with Crippen LogP contribution in [-0.2, 0) is 32.4 Å². The van der Waals surface area contributed by atoms with Crippen LogP contribution in [0.5, 0.6) is 0 Å². The Bertz CT molecular complexity index is 1380. The van der Waals surface area contributed by atoms with Crippen LogP contribution in [0.4, 0.5) is 11.4 Å². The summed E-state index contributed by atoms with van der Waals surface area (Å²) in [4.78, 5) is 27.1. The minimum atomic E-state index is -3.77. The number of carbonyl (C=O) groups excluding carboxylic acids is 2. The van der Waals surface area contributed by atoms with E-state index in [1.807, 2.05) is 55.5 Å². The quantitative estimate of drug-likeness (QED) is 0.506. The molecule has 0 aliphatic carbocycles. The topological polar surface area (TPSA) is 84.0 Å². The van der Waals surface area contributed by atoms with Crippen LogP contribution in [0, 0.1) is 0 Å². The van der Waals surface area contributed by atoms with E-state index in [1.54, 1.807) is 4.90 Å². The molecule has 7 nitrogen and oxygen atoms in total. The van der Waals surface area contributed by atoms with Crippen LogP contribution in [0.15, 0.2) is 77.7 Å². The van der Waals surface area contributed by atoms with Gasteiger partial charge in [-0.15, -0.1) is 0 Å². The van der Waals surface area contributed by atoms with Gasteiger partial charge in [0.15, 0.2) is 6.61 Å². The lowest BCUT2D eigenvalue weighted by atomic mass is 10.0. The molecule has 1 unspecified atom stereocenters. The van der Waals surface area contributed by atoms with E-state index >= 15 is 0 Å². The van der Waals surface area contributed by atoms with Gasteiger partial charge in [0.25, 0.3) is 15.9 Å². The molecule has 3 aromatic rings. The smallest absolute Gasteiger partial charge is 0.338 e. The summed E-state index contributed by atoms with van der Waals surface area (Å²) in [6, 6.07) is 20.8. The summed E-state index contributed by atoms with van der Waals surface area (Å²) in [6.45, 7) is 1.98. The monoisotopic (exact) mass is 490 g/mol. The van der Waals surface area contributed by atoms with E-state index in [0.29, 0.717) is 12.2 Å². The lowest BCUT2D eigenvalue weighted by molar-refractivity contribution is -0.122. The van der Waals surface area contributed by atoms with Crippen LogP contribution < -0.4 is 9.21 Å². The molecule has 2 aliphatic rings. The van der Waals surface area contributed by atoms with E-state index in [0.717, 1.165) is 36.1 Å². The van der Waals surface area contributed by atoms with Gasteiger partial charge in [0, 0.05) is 18.3 Å². The van der Waals surface area contributed by atoms with Gasteiger partial charge in [0.1, 0.15) is 0 Å². The van der Waals surface area contributed by atoms with Gasteiger partial charge < -0.3 is 9.64 Å². The largest absolute Gasteiger partial charge is 0.452 e. The van der Waals surface area contributed by atoms with Crippen molar-refractivity contribution in [2.24, 2.45) is 0 Å². The average molecular weight is 491 g/mol. The lowest BCUT2D eigenvalue weighted by Crippen LogP contribution is -2.38. The summed E-state index contributed by atoms with van der Waals surface area (Å²) in [7, 11) is -3.77. The van der Waals surface area contributed by atoms with Gasteiger partial charge in [-0.2, -0.15) is 0 Å². The fraction of sp³-hybridized carbons (Fsp3) is 0.259. The van der Waals surface area contributed by atoms with Crippen LogP contribution in [0.25, 0.3) is 0 Å². The molecule has 0 spiro atoms. The second-order valence-electron chi connectivity index (χ2n) is 8.86. The maximum atomic E-state index is 13.3. The standard InChI is InChI=1S/C27H26N2O5S/c1-19-17-22-8-3-5-11-25(22)29(19)26(30)18-34-27(31)21-12-14-23(15-13-21)35(32,33)28-16-6-9-20-7-2-4-10-24(20)28/h2-5,7-8,10-15,19H,6,9,16-18H2,1H3. The third kappa shape index (κ3) is 4.30. The molecule has 8 heteroatoms. The first-order valence-corrected chi connectivity index (χ1v) is 13.1. The minimum Gasteiger partial charge on any atom is -0.452 e. The maximum Gasteiger partial charge on any atom is 0.338 e. The zero-order valence-electron chi connectivity index (χ0n) is 19.4. The van der Waals surface area contributed by atoms with E-state index in [-0.39, 0.29) is 29.0 Å². The van der Waals surface area contributed by atoms with Gasteiger partial charge in [-0.05, 0) is 73.7 Å². The molecule has 0 N–H and O–H groups in total. The van der Waals surface area contributed by atoms with E-state index in [9.17, 15) is 18.0 Å². The molecule has 0 fully saturated rings. The summed E-state index contributed by atoms with van der Waals surface area (Å²) in [5.41, 5.74) is 3.81.